The summed E-state index contributed by atoms with van der Waals surface area (Å²) in [7, 11) is 0. The van der Waals surface area contributed by atoms with Crippen LogP contribution in [0.25, 0.3) is 5.69 Å². The van der Waals surface area contributed by atoms with Gasteiger partial charge in [-0.1, -0.05) is 23.7 Å². The van der Waals surface area contributed by atoms with E-state index in [4.69, 9.17) is 23.8 Å². The molecule has 2 atom stereocenters. The Hall–Kier alpha value is -3.35. The Bertz CT molecular complexity index is 1410. The van der Waals surface area contributed by atoms with Crippen LogP contribution in [-0.4, -0.2) is 19.8 Å². The standard InChI is InChI=1S/C28H27ClN4OS/c1-16-11-17(2)13-21(12-16)33-27(26(31-28(33)35)23-7-5-6-10-30-23)22-14-18(3)32(19(22)4)24-15-20(29)8-9-25(24)34/h5-15,26-27,34H,1-4H3,(H,31,35)/t26-,27+/m0/s1. The summed E-state index contributed by atoms with van der Waals surface area (Å²) < 4.78 is 2.05. The van der Waals surface area contributed by atoms with E-state index in [1.807, 2.05) is 35.9 Å². The number of phenolic OH excluding ortho intramolecular Hbond substituents is 1. The summed E-state index contributed by atoms with van der Waals surface area (Å²) >= 11 is 12.2. The molecule has 3 heterocycles. The summed E-state index contributed by atoms with van der Waals surface area (Å²) in [5.74, 6) is 0.176. The first-order valence-electron chi connectivity index (χ1n) is 11.5. The fraction of sp³-hybridized carbons (Fsp3) is 0.214. The van der Waals surface area contributed by atoms with Gasteiger partial charge in [0.25, 0.3) is 0 Å². The molecule has 178 valence electrons. The minimum atomic E-state index is -0.147. The number of halogens is 1. The van der Waals surface area contributed by atoms with Gasteiger partial charge in [0.2, 0.25) is 0 Å². The van der Waals surface area contributed by atoms with Crippen molar-refractivity contribution in [1.29, 1.82) is 0 Å². The van der Waals surface area contributed by atoms with Gasteiger partial charge in [0, 0.05) is 28.3 Å². The van der Waals surface area contributed by atoms with Gasteiger partial charge in [-0.05, 0) is 105 Å². The Balaban J connectivity index is 1.72. The maximum atomic E-state index is 10.6. The van der Waals surface area contributed by atoms with E-state index < -0.39 is 0 Å². The molecule has 1 aliphatic rings. The Morgan fingerprint density at radius 2 is 1.71 bits per heavy atom. The molecule has 0 saturated carbocycles. The van der Waals surface area contributed by atoms with Gasteiger partial charge < -0.3 is 19.9 Å². The molecule has 7 heteroatoms. The number of pyridine rings is 1. The van der Waals surface area contributed by atoms with Crippen LogP contribution in [0.3, 0.4) is 0 Å². The average Bonchev–Trinajstić information content (AvgIpc) is 3.30. The summed E-state index contributed by atoms with van der Waals surface area (Å²) in [5, 5.41) is 15.4. The molecule has 1 aliphatic heterocycles. The van der Waals surface area contributed by atoms with E-state index in [-0.39, 0.29) is 17.8 Å². The molecule has 2 aromatic heterocycles. The smallest absolute Gasteiger partial charge is 0.174 e. The van der Waals surface area contributed by atoms with Crippen molar-refractivity contribution < 1.29 is 5.11 Å². The lowest BCUT2D eigenvalue weighted by Gasteiger charge is -2.29. The topological polar surface area (TPSA) is 53.3 Å². The van der Waals surface area contributed by atoms with Crippen molar-refractivity contribution in [2.45, 2.75) is 39.8 Å². The number of aromatic nitrogens is 2. The number of aryl methyl sites for hydroxylation is 3. The summed E-state index contributed by atoms with van der Waals surface area (Å²) in [4.78, 5) is 6.86. The van der Waals surface area contributed by atoms with Crippen LogP contribution in [0, 0.1) is 27.7 Å². The number of phenols is 1. The predicted molar refractivity (Wildman–Crippen MR) is 146 cm³/mol. The molecule has 0 spiro atoms. The third-order valence-corrected chi connectivity index (χ3v) is 7.10. The van der Waals surface area contributed by atoms with E-state index in [0.717, 1.165) is 28.3 Å². The second kappa shape index (κ2) is 9.02. The number of hydrogen-bond acceptors (Lipinski definition) is 3. The molecule has 4 aromatic rings. The second-order valence-corrected chi connectivity index (χ2v) is 9.96. The maximum absolute atomic E-state index is 10.6. The summed E-state index contributed by atoms with van der Waals surface area (Å²) in [5.41, 5.74) is 8.07. The van der Waals surface area contributed by atoms with Crippen LogP contribution in [0.1, 0.15) is 45.9 Å². The van der Waals surface area contributed by atoms with E-state index >= 15 is 0 Å². The van der Waals surface area contributed by atoms with Crippen LogP contribution in [0.2, 0.25) is 5.02 Å². The fourth-order valence-electron chi connectivity index (χ4n) is 5.17. The summed E-state index contributed by atoms with van der Waals surface area (Å²) in [6.07, 6.45) is 1.81. The number of hydrogen-bond donors (Lipinski definition) is 2. The van der Waals surface area contributed by atoms with Crippen molar-refractivity contribution in [3.63, 3.8) is 0 Å². The zero-order valence-corrected chi connectivity index (χ0v) is 21.7. The number of anilines is 1. The molecule has 2 aromatic carbocycles. The summed E-state index contributed by atoms with van der Waals surface area (Å²) in [6, 6.07) is 19.4. The largest absolute Gasteiger partial charge is 0.506 e. The Morgan fingerprint density at radius 3 is 2.40 bits per heavy atom. The number of thiocarbonyl (C=S) groups is 1. The minimum absolute atomic E-state index is 0.139. The maximum Gasteiger partial charge on any atom is 0.174 e. The van der Waals surface area contributed by atoms with Gasteiger partial charge in [-0.15, -0.1) is 0 Å². The third kappa shape index (κ3) is 4.17. The quantitative estimate of drug-likeness (QED) is 0.306. The minimum Gasteiger partial charge on any atom is -0.506 e. The first-order valence-corrected chi connectivity index (χ1v) is 12.3. The number of rotatable bonds is 4. The van der Waals surface area contributed by atoms with Crippen molar-refractivity contribution >= 4 is 34.6 Å². The molecule has 5 rings (SSSR count). The number of nitrogens with zero attached hydrogens (tertiary/aromatic N) is 3. The zero-order chi connectivity index (χ0) is 24.9. The molecule has 0 amide bonds. The third-order valence-electron chi connectivity index (χ3n) is 6.55. The van der Waals surface area contributed by atoms with E-state index in [9.17, 15) is 5.11 Å². The van der Waals surface area contributed by atoms with Crippen molar-refractivity contribution in [2.24, 2.45) is 0 Å². The van der Waals surface area contributed by atoms with Gasteiger partial charge >= 0.3 is 0 Å². The Labute approximate surface area is 216 Å². The summed E-state index contributed by atoms with van der Waals surface area (Å²) in [6.45, 7) is 8.30. The highest BCUT2D eigenvalue weighted by Crippen LogP contribution is 2.44. The van der Waals surface area contributed by atoms with Gasteiger partial charge in [0.15, 0.2) is 5.11 Å². The number of nitrogens with one attached hydrogen (secondary N) is 1. The van der Waals surface area contributed by atoms with E-state index in [0.29, 0.717) is 15.8 Å². The molecular weight excluding hydrogens is 476 g/mol. The van der Waals surface area contributed by atoms with Crippen molar-refractivity contribution in [2.75, 3.05) is 4.90 Å². The lowest BCUT2D eigenvalue weighted by atomic mass is 9.96. The lowest BCUT2D eigenvalue weighted by Crippen LogP contribution is -2.29. The molecule has 1 fully saturated rings. The molecule has 0 aliphatic carbocycles. The van der Waals surface area contributed by atoms with Gasteiger partial charge in [-0.25, -0.2) is 0 Å². The molecule has 0 unspecified atom stereocenters. The van der Waals surface area contributed by atoms with Crippen LogP contribution >= 0.6 is 23.8 Å². The first kappa shape index (κ1) is 23.4. The van der Waals surface area contributed by atoms with E-state index in [2.05, 4.69) is 60.2 Å². The molecule has 0 bridgehead atoms. The van der Waals surface area contributed by atoms with Gasteiger partial charge in [0.05, 0.1) is 23.5 Å². The fourth-order valence-corrected chi connectivity index (χ4v) is 5.68. The van der Waals surface area contributed by atoms with Gasteiger partial charge in [-0.3, -0.25) is 4.98 Å². The average molecular weight is 503 g/mol. The van der Waals surface area contributed by atoms with Crippen LogP contribution in [-0.2, 0) is 0 Å². The van der Waals surface area contributed by atoms with Crippen molar-refractivity contribution in [3.05, 3.63) is 106 Å². The van der Waals surface area contributed by atoms with Gasteiger partial charge in [0.1, 0.15) is 5.75 Å². The van der Waals surface area contributed by atoms with Crippen LogP contribution in [0.4, 0.5) is 5.69 Å². The lowest BCUT2D eigenvalue weighted by molar-refractivity contribution is 0.471. The van der Waals surface area contributed by atoms with Crippen LogP contribution in [0.15, 0.2) is 66.9 Å². The van der Waals surface area contributed by atoms with Gasteiger partial charge in [-0.2, -0.15) is 0 Å². The Morgan fingerprint density at radius 1 is 0.971 bits per heavy atom. The normalized spacial score (nSPS) is 17.6. The molecule has 0 radical (unpaired) electrons. The number of benzene rings is 2. The highest BCUT2D eigenvalue weighted by Gasteiger charge is 2.42. The SMILES string of the molecule is Cc1cc(C)cc(N2C(=S)N[C@@H](c3ccccn3)[C@H]2c2cc(C)n(-c3cc(Cl)ccc3O)c2C)c1. The number of aromatic hydroxyl groups is 1. The molecular formula is C28H27ClN4OS. The first-order chi connectivity index (χ1) is 16.7. The molecule has 5 nitrogen and oxygen atoms in total. The molecule has 2 N–H and O–H groups in total. The monoisotopic (exact) mass is 502 g/mol. The van der Waals surface area contributed by atoms with E-state index in [1.165, 1.54) is 11.1 Å². The second-order valence-electron chi connectivity index (χ2n) is 9.14. The molecule has 35 heavy (non-hydrogen) atoms. The van der Waals surface area contributed by atoms with E-state index in [1.54, 1.807) is 18.2 Å². The highest BCUT2D eigenvalue weighted by molar-refractivity contribution is 7.80. The molecule has 1 saturated heterocycles. The van der Waals surface area contributed by atoms with Crippen LogP contribution in [0.5, 0.6) is 5.75 Å². The zero-order valence-electron chi connectivity index (χ0n) is 20.1. The van der Waals surface area contributed by atoms with Crippen molar-refractivity contribution in [1.82, 2.24) is 14.9 Å². The Kier molecular flexibility index (Phi) is 6.03. The van der Waals surface area contributed by atoms with Crippen LogP contribution < -0.4 is 10.2 Å². The predicted octanol–water partition coefficient (Wildman–Crippen LogP) is 6.64. The highest BCUT2D eigenvalue weighted by atomic mass is 35.5. The van der Waals surface area contributed by atoms with Crippen molar-refractivity contribution in [3.8, 4) is 11.4 Å².